The molecule has 4 rings (SSSR count). The van der Waals surface area contributed by atoms with E-state index in [0.717, 1.165) is 22.0 Å². The van der Waals surface area contributed by atoms with Crippen LogP contribution >= 0.6 is 0 Å². The monoisotopic (exact) mass is 289 g/mol. The highest BCUT2D eigenvalue weighted by Gasteiger charge is 2.10. The van der Waals surface area contributed by atoms with Gasteiger partial charge in [-0.3, -0.25) is 4.98 Å². The summed E-state index contributed by atoms with van der Waals surface area (Å²) in [7, 11) is 3.29. The molecule has 0 aliphatic carbocycles. The molecule has 3 nitrogen and oxygen atoms in total. The molecule has 0 fully saturated rings. The summed E-state index contributed by atoms with van der Waals surface area (Å²) in [5.74, 6) is 1.42. The summed E-state index contributed by atoms with van der Waals surface area (Å²) in [6.45, 7) is 0. The molecule has 0 saturated heterocycles. The number of ether oxygens (including phenoxy) is 2. The standard InChI is InChI=1S/C19H15NO2/c1-21-18-9-15-14-8-7-12-5-3-4-6-13(12)16(14)11-20-17(15)10-19(18)22-2/h3-11H,1-2H3. The maximum atomic E-state index is 5.43. The Balaban J connectivity index is 2.16. The van der Waals surface area contributed by atoms with Crippen LogP contribution in [-0.4, -0.2) is 19.2 Å². The number of hydrogen-bond acceptors (Lipinski definition) is 3. The summed E-state index contributed by atoms with van der Waals surface area (Å²) >= 11 is 0. The number of aromatic nitrogens is 1. The molecule has 0 N–H and O–H groups in total. The van der Waals surface area contributed by atoms with Crippen LogP contribution in [0.25, 0.3) is 32.4 Å². The molecule has 0 amide bonds. The van der Waals surface area contributed by atoms with Crippen molar-refractivity contribution < 1.29 is 9.47 Å². The molecule has 1 heterocycles. The lowest BCUT2D eigenvalue weighted by atomic mass is 10.0. The van der Waals surface area contributed by atoms with E-state index in [2.05, 4.69) is 41.4 Å². The van der Waals surface area contributed by atoms with Gasteiger partial charge in [-0.1, -0.05) is 36.4 Å². The summed E-state index contributed by atoms with van der Waals surface area (Å²) in [6, 6.07) is 16.6. The van der Waals surface area contributed by atoms with Gasteiger partial charge in [0.2, 0.25) is 0 Å². The van der Waals surface area contributed by atoms with Gasteiger partial charge in [0.15, 0.2) is 11.5 Å². The lowest BCUT2D eigenvalue weighted by Crippen LogP contribution is -1.92. The average Bonchev–Trinajstić information content (AvgIpc) is 2.59. The number of nitrogens with zero attached hydrogens (tertiary/aromatic N) is 1. The molecule has 1 aromatic heterocycles. The van der Waals surface area contributed by atoms with Crippen LogP contribution < -0.4 is 9.47 Å². The van der Waals surface area contributed by atoms with Gasteiger partial charge in [0.05, 0.1) is 19.7 Å². The predicted octanol–water partition coefficient (Wildman–Crippen LogP) is 4.56. The van der Waals surface area contributed by atoms with Crippen molar-refractivity contribution in [3.05, 3.63) is 54.7 Å². The normalized spacial score (nSPS) is 11.2. The van der Waals surface area contributed by atoms with Gasteiger partial charge < -0.3 is 9.47 Å². The smallest absolute Gasteiger partial charge is 0.162 e. The van der Waals surface area contributed by atoms with Crippen molar-refractivity contribution in [3.8, 4) is 11.5 Å². The van der Waals surface area contributed by atoms with Gasteiger partial charge in [0.25, 0.3) is 0 Å². The molecule has 0 atom stereocenters. The van der Waals surface area contributed by atoms with Gasteiger partial charge in [-0.25, -0.2) is 0 Å². The zero-order valence-electron chi connectivity index (χ0n) is 12.5. The third-order valence-electron chi connectivity index (χ3n) is 4.10. The lowest BCUT2D eigenvalue weighted by Gasteiger charge is -2.11. The Kier molecular flexibility index (Phi) is 2.86. The quantitative estimate of drug-likeness (QED) is 0.507. The van der Waals surface area contributed by atoms with E-state index in [1.807, 2.05) is 18.3 Å². The van der Waals surface area contributed by atoms with E-state index in [1.165, 1.54) is 16.2 Å². The Bertz CT molecular complexity index is 1010. The molecule has 0 aliphatic heterocycles. The van der Waals surface area contributed by atoms with Crippen molar-refractivity contribution in [2.45, 2.75) is 0 Å². The molecule has 22 heavy (non-hydrogen) atoms. The van der Waals surface area contributed by atoms with Gasteiger partial charge in [0.1, 0.15) is 0 Å². The highest BCUT2D eigenvalue weighted by molar-refractivity contribution is 6.16. The molecule has 3 heteroatoms. The molecule has 0 unspecified atom stereocenters. The fraction of sp³-hybridized carbons (Fsp3) is 0.105. The van der Waals surface area contributed by atoms with E-state index in [9.17, 15) is 0 Å². The third kappa shape index (κ3) is 1.79. The van der Waals surface area contributed by atoms with E-state index >= 15 is 0 Å². The summed E-state index contributed by atoms with van der Waals surface area (Å²) < 4.78 is 10.8. The first-order valence-electron chi connectivity index (χ1n) is 7.14. The molecule has 0 radical (unpaired) electrons. The highest BCUT2D eigenvalue weighted by Crippen LogP contribution is 2.36. The largest absolute Gasteiger partial charge is 0.493 e. The van der Waals surface area contributed by atoms with E-state index < -0.39 is 0 Å². The Labute approximate surface area is 128 Å². The summed E-state index contributed by atoms with van der Waals surface area (Å²) in [5, 5.41) is 5.82. The third-order valence-corrected chi connectivity index (χ3v) is 4.10. The van der Waals surface area contributed by atoms with Crippen molar-refractivity contribution in [1.82, 2.24) is 4.98 Å². The van der Waals surface area contributed by atoms with Crippen LogP contribution in [0.3, 0.4) is 0 Å². The molecular weight excluding hydrogens is 274 g/mol. The molecular formula is C19H15NO2. The lowest BCUT2D eigenvalue weighted by molar-refractivity contribution is 0.356. The second kappa shape index (κ2) is 4.88. The van der Waals surface area contributed by atoms with Crippen LogP contribution in [0.1, 0.15) is 0 Å². The minimum absolute atomic E-state index is 0.697. The second-order valence-electron chi connectivity index (χ2n) is 5.23. The zero-order valence-corrected chi connectivity index (χ0v) is 12.5. The van der Waals surface area contributed by atoms with Gasteiger partial charge in [-0.05, 0) is 22.2 Å². The SMILES string of the molecule is COc1cc2ncc3c4ccccc4ccc3c2cc1OC. The van der Waals surface area contributed by atoms with Crippen LogP contribution in [0.15, 0.2) is 54.7 Å². The predicted molar refractivity (Wildman–Crippen MR) is 89.9 cm³/mol. The summed E-state index contributed by atoms with van der Waals surface area (Å²) in [5.41, 5.74) is 0.903. The van der Waals surface area contributed by atoms with Gasteiger partial charge in [-0.15, -0.1) is 0 Å². The molecule has 3 aromatic carbocycles. The summed E-state index contributed by atoms with van der Waals surface area (Å²) in [6.07, 6.45) is 1.94. The topological polar surface area (TPSA) is 31.4 Å². The van der Waals surface area contributed by atoms with E-state index in [-0.39, 0.29) is 0 Å². The molecule has 0 saturated carbocycles. The molecule has 108 valence electrons. The first-order chi connectivity index (χ1) is 10.8. The average molecular weight is 289 g/mol. The summed E-state index contributed by atoms with van der Waals surface area (Å²) in [4.78, 5) is 4.61. The van der Waals surface area contributed by atoms with Crippen LogP contribution in [0.5, 0.6) is 11.5 Å². The first kappa shape index (κ1) is 12.9. The van der Waals surface area contributed by atoms with E-state index in [4.69, 9.17) is 9.47 Å². The van der Waals surface area contributed by atoms with Crippen molar-refractivity contribution in [1.29, 1.82) is 0 Å². The Morgan fingerprint density at radius 2 is 1.50 bits per heavy atom. The van der Waals surface area contributed by atoms with Gasteiger partial charge in [-0.2, -0.15) is 0 Å². The van der Waals surface area contributed by atoms with Gasteiger partial charge >= 0.3 is 0 Å². The van der Waals surface area contributed by atoms with Crippen LogP contribution in [0, 0.1) is 0 Å². The van der Waals surface area contributed by atoms with Crippen LogP contribution in [0.2, 0.25) is 0 Å². The van der Waals surface area contributed by atoms with Crippen LogP contribution in [-0.2, 0) is 0 Å². The number of pyridine rings is 1. The maximum absolute atomic E-state index is 5.43. The second-order valence-corrected chi connectivity index (χ2v) is 5.23. The Morgan fingerprint density at radius 3 is 2.32 bits per heavy atom. The van der Waals surface area contributed by atoms with Crippen molar-refractivity contribution >= 4 is 32.4 Å². The number of rotatable bonds is 2. The number of hydrogen-bond donors (Lipinski definition) is 0. The Morgan fingerprint density at radius 1 is 0.727 bits per heavy atom. The minimum atomic E-state index is 0.697. The molecule has 0 bridgehead atoms. The van der Waals surface area contributed by atoms with Gasteiger partial charge in [0, 0.05) is 23.0 Å². The zero-order chi connectivity index (χ0) is 15.1. The number of benzene rings is 3. The van der Waals surface area contributed by atoms with Crippen molar-refractivity contribution in [2.24, 2.45) is 0 Å². The maximum Gasteiger partial charge on any atom is 0.162 e. The molecule has 0 spiro atoms. The van der Waals surface area contributed by atoms with Crippen molar-refractivity contribution in [3.63, 3.8) is 0 Å². The molecule has 0 aliphatic rings. The minimum Gasteiger partial charge on any atom is -0.493 e. The highest BCUT2D eigenvalue weighted by atomic mass is 16.5. The van der Waals surface area contributed by atoms with Crippen LogP contribution in [0.4, 0.5) is 0 Å². The number of fused-ring (bicyclic) bond motifs is 5. The van der Waals surface area contributed by atoms with E-state index in [1.54, 1.807) is 14.2 Å². The fourth-order valence-electron chi connectivity index (χ4n) is 2.99. The Hall–Kier alpha value is -2.81. The van der Waals surface area contributed by atoms with E-state index in [0.29, 0.717) is 5.75 Å². The molecule has 4 aromatic rings. The fourth-order valence-corrected chi connectivity index (χ4v) is 2.99. The van der Waals surface area contributed by atoms with Crippen molar-refractivity contribution in [2.75, 3.05) is 14.2 Å². The first-order valence-corrected chi connectivity index (χ1v) is 7.14. The number of methoxy groups -OCH3 is 2.